The van der Waals surface area contributed by atoms with Crippen molar-refractivity contribution in [1.29, 1.82) is 0 Å². The lowest BCUT2D eigenvalue weighted by atomic mass is 10.1. The minimum Gasteiger partial charge on any atom is -0.487 e. The molecule has 6 nitrogen and oxygen atoms in total. The van der Waals surface area contributed by atoms with Crippen LogP contribution >= 0.6 is 0 Å². The first-order valence-electron chi connectivity index (χ1n) is 7.42. The number of carbonyl (C=O) groups excluding carboxylic acids is 1. The number of nitrogens with two attached hydrogens (primary N) is 1. The fraction of sp³-hybridized carbons (Fsp3) is 0.353. The van der Waals surface area contributed by atoms with E-state index in [0.29, 0.717) is 17.0 Å². The molecular formula is C17H21N3O3. The fourth-order valence-electron chi connectivity index (χ4n) is 2.24. The zero-order valence-corrected chi connectivity index (χ0v) is 13.8. The Morgan fingerprint density at radius 3 is 2.65 bits per heavy atom. The van der Waals surface area contributed by atoms with Crippen LogP contribution in [-0.4, -0.2) is 22.5 Å². The molecule has 2 N–H and O–H groups in total. The van der Waals surface area contributed by atoms with Gasteiger partial charge in [-0.15, -0.1) is 0 Å². The number of rotatable bonds is 5. The molecular weight excluding hydrogens is 294 g/mol. The Labute approximate surface area is 135 Å². The largest absolute Gasteiger partial charge is 0.487 e. The summed E-state index contributed by atoms with van der Waals surface area (Å²) in [6, 6.07) is 5.94. The van der Waals surface area contributed by atoms with Gasteiger partial charge in [0.15, 0.2) is 0 Å². The second kappa shape index (κ2) is 7.09. The molecule has 0 spiro atoms. The second-order valence-corrected chi connectivity index (χ2v) is 5.27. The van der Waals surface area contributed by atoms with Crippen molar-refractivity contribution in [3.8, 4) is 5.75 Å². The van der Waals surface area contributed by atoms with Crippen LogP contribution in [0.3, 0.4) is 0 Å². The molecule has 6 heteroatoms. The third-order valence-electron chi connectivity index (χ3n) is 3.37. The zero-order valence-electron chi connectivity index (χ0n) is 13.8. The summed E-state index contributed by atoms with van der Waals surface area (Å²) in [6.07, 6.45) is 0. The van der Waals surface area contributed by atoms with Crippen molar-refractivity contribution in [2.45, 2.75) is 34.3 Å². The quantitative estimate of drug-likeness (QED) is 0.854. The molecule has 0 aliphatic heterocycles. The van der Waals surface area contributed by atoms with Gasteiger partial charge < -0.3 is 15.2 Å². The van der Waals surface area contributed by atoms with E-state index in [0.717, 1.165) is 16.9 Å². The van der Waals surface area contributed by atoms with E-state index >= 15 is 0 Å². The highest BCUT2D eigenvalue weighted by atomic mass is 16.5. The first-order valence-corrected chi connectivity index (χ1v) is 7.42. The number of anilines is 1. The Bertz CT molecular complexity index is 729. The van der Waals surface area contributed by atoms with Gasteiger partial charge in [0.05, 0.1) is 18.0 Å². The normalized spacial score (nSPS) is 10.4. The van der Waals surface area contributed by atoms with Gasteiger partial charge in [0.1, 0.15) is 17.9 Å². The molecule has 0 amide bonds. The molecule has 0 aliphatic carbocycles. The SMILES string of the molecule is CCOC(=O)c1c(C)nc(N)nc1COc1cc(C)ccc1C. The van der Waals surface area contributed by atoms with E-state index in [1.807, 2.05) is 32.0 Å². The number of hydrogen-bond acceptors (Lipinski definition) is 6. The number of hydrogen-bond donors (Lipinski definition) is 1. The van der Waals surface area contributed by atoms with Crippen molar-refractivity contribution in [3.05, 3.63) is 46.3 Å². The van der Waals surface area contributed by atoms with Crippen LogP contribution in [0.5, 0.6) is 5.75 Å². The summed E-state index contributed by atoms with van der Waals surface area (Å²) in [5, 5.41) is 0. The average Bonchev–Trinajstić information content (AvgIpc) is 2.47. The van der Waals surface area contributed by atoms with E-state index in [1.165, 1.54) is 0 Å². The predicted octanol–water partition coefficient (Wildman–Crippen LogP) is 2.74. The van der Waals surface area contributed by atoms with Crippen molar-refractivity contribution in [1.82, 2.24) is 9.97 Å². The second-order valence-electron chi connectivity index (χ2n) is 5.27. The molecule has 0 saturated carbocycles. The van der Waals surface area contributed by atoms with Crippen molar-refractivity contribution in [3.63, 3.8) is 0 Å². The average molecular weight is 315 g/mol. The van der Waals surface area contributed by atoms with Gasteiger partial charge in [-0.3, -0.25) is 0 Å². The monoisotopic (exact) mass is 315 g/mol. The first-order chi connectivity index (χ1) is 10.9. The number of aromatic nitrogens is 2. The van der Waals surface area contributed by atoms with Crippen LogP contribution in [0.4, 0.5) is 5.95 Å². The van der Waals surface area contributed by atoms with E-state index in [2.05, 4.69) is 9.97 Å². The van der Waals surface area contributed by atoms with E-state index in [9.17, 15) is 4.79 Å². The summed E-state index contributed by atoms with van der Waals surface area (Å²) in [7, 11) is 0. The van der Waals surface area contributed by atoms with Crippen molar-refractivity contribution >= 4 is 11.9 Å². The van der Waals surface area contributed by atoms with E-state index < -0.39 is 5.97 Å². The highest BCUT2D eigenvalue weighted by Crippen LogP contribution is 2.22. The maximum atomic E-state index is 12.1. The van der Waals surface area contributed by atoms with Crippen molar-refractivity contribution < 1.29 is 14.3 Å². The number of nitrogen functional groups attached to an aromatic ring is 1. The highest BCUT2D eigenvalue weighted by molar-refractivity contribution is 5.91. The Morgan fingerprint density at radius 1 is 1.22 bits per heavy atom. The van der Waals surface area contributed by atoms with Crippen LogP contribution in [0, 0.1) is 20.8 Å². The highest BCUT2D eigenvalue weighted by Gasteiger charge is 2.20. The number of benzene rings is 1. The number of ether oxygens (including phenoxy) is 2. The van der Waals surface area contributed by atoms with Crippen LogP contribution in [0.1, 0.15) is 39.8 Å². The topological polar surface area (TPSA) is 87.3 Å². The number of aryl methyl sites for hydroxylation is 3. The van der Waals surface area contributed by atoms with Gasteiger partial charge >= 0.3 is 5.97 Å². The summed E-state index contributed by atoms with van der Waals surface area (Å²) in [5.74, 6) is 0.384. The lowest BCUT2D eigenvalue weighted by Gasteiger charge is -2.13. The van der Waals surface area contributed by atoms with Crippen LogP contribution in [0.15, 0.2) is 18.2 Å². The Hall–Kier alpha value is -2.63. The smallest absolute Gasteiger partial charge is 0.341 e. The fourth-order valence-corrected chi connectivity index (χ4v) is 2.24. The summed E-state index contributed by atoms with van der Waals surface area (Å²) in [4.78, 5) is 20.3. The lowest BCUT2D eigenvalue weighted by molar-refractivity contribution is 0.0521. The van der Waals surface area contributed by atoms with E-state index in [-0.39, 0.29) is 19.2 Å². The van der Waals surface area contributed by atoms with Crippen LogP contribution in [0.25, 0.3) is 0 Å². The maximum absolute atomic E-state index is 12.1. The lowest BCUT2D eigenvalue weighted by Crippen LogP contribution is -2.16. The Morgan fingerprint density at radius 2 is 1.96 bits per heavy atom. The number of carbonyl (C=O) groups is 1. The number of esters is 1. The van der Waals surface area contributed by atoms with Crippen LogP contribution in [-0.2, 0) is 11.3 Å². The van der Waals surface area contributed by atoms with Gasteiger partial charge in [0.25, 0.3) is 0 Å². The molecule has 2 rings (SSSR count). The van der Waals surface area contributed by atoms with Gasteiger partial charge in [-0.25, -0.2) is 14.8 Å². The third-order valence-corrected chi connectivity index (χ3v) is 3.37. The Balaban J connectivity index is 2.31. The molecule has 2 aromatic rings. The third kappa shape index (κ3) is 3.97. The van der Waals surface area contributed by atoms with Gasteiger partial charge in [0, 0.05) is 0 Å². The molecule has 0 bridgehead atoms. The molecule has 1 aromatic carbocycles. The summed E-state index contributed by atoms with van der Waals surface area (Å²) >= 11 is 0. The molecule has 23 heavy (non-hydrogen) atoms. The van der Waals surface area contributed by atoms with Gasteiger partial charge in [0.2, 0.25) is 5.95 Å². The van der Waals surface area contributed by atoms with Gasteiger partial charge in [-0.1, -0.05) is 12.1 Å². The molecule has 0 unspecified atom stereocenters. The minimum atomic E-state index is -0.468. The van der Waals surface area contributed by atoms with Crippen LogP contribution in [0.2, 0.25) is 0 Å². The van der Waals surface area contributed by atoms with Gasteiger partial charge in [-0.05, 0) is 44.9 Å². The number of nitrogens with zero attached hydrogens (tertiary/aromatic N) is 2. The predicted molar refractivity (Wildman–Crippen MR) is 87.4 cm³/mol. The maximum Gasteiger partial charge on any atom is 0.341 e. The van der Waals surface area contributed by atoms with Crippen molar-refractivity contribution in [2.24, 2.45) is 0 Å². The standard InChI is InChI=1S/C17H21N3O3/c1-5-22-16(21)15-12(4)19-17(18)20-13(15)9-23-14-8-10(2)6-7-11(14)3/h6-8H,5,9H2,1-4H3,(H2,18,19,20). The minimum absolute atomic E-state index is 0.107. The zero-order chi connectivity index (χ0) is 17.0. The summed E-state index contributed by atoms with van der Waals surface area (Å²) < 4.78 is 10.9. The Kier molecular flexibility index (Phi) is 5.16. The molecule has 122 valence electrons. The van der Waals surface area contributed by atoms with Crippen LogP contribution < -0.4 is 10.5 Å². The summed E-state index contributed by atoms with van der Waals surface area (Å²) in [5.41, 5.74) is 9.01. The molecule has 0 radical (unpaired) electrons. The van der Waals surface area contributed by atoms with E-state index in [1.54, 1.807) is 13.8 Å². The molecule has 0 aliphatic rings. The van der Waals surface area contributed by atoms with E-state index in [4.69, 9.17) is 15.2 Å². The first kappa shape index (κ1) is 16.7. The molecule has 1 heterocycles. The molecule has 0 atom stereocenters. The van der Waals surface area contributed by atoms with Crippen molar-refractivity contribution in [2.75, 3.05) is 12.3 Å². The molecule has 1 aromatic heterocycles. The van der Waals surface area contributed by atoms with Gasteiger partial charge in [-0.2, -0.15) is 0 Å². The molecule has 0 saturated heterocycles. The molecule has 0 fully saturated rings. The summed E-state index contributed by atoms with van der Waals surface area (Å²) in [6.45, 7) is 7.79.